The summed E-state index contributed by atoms with van der Waals surface area (Å²) in [6.45, 7) is 21.1. The van der Waals surface area contributed by atoms with Gasteiger partial charge in [-0.25, -0.2) is 4.79 Å². The van der Waals surface area contributed by atoms with Crippen LogP contribution in [0, 0.1) is 5.92 Å². The maximum absolute atomic E-state index is 14.5. The number of ether oxygens (including phenoxy) is 3. The Bertz CT molecular complexity index is 1210. The molecule has 2 aliphatic heterocycles. The number of amides is 1. The minimum absolute atomic E-state index is 0.0169. The molecule has 4 rings (SSSR count). The van der Waals surface area contributed by atoms with Crippen molar-refractivity contribution in [2.24, 2.45) is 5.92 Å². The van der Waals surface area contributed by atoms with E-state index in [-0.39, 0.29) is 58.7 Å². The molecule has 1 saturated heterocycles. The van der Waals surface area contributed by atoms with E-state index in [1.807, 2.05) is 6.07 Å². The first-order chi connectivity index (χ1) is 20.5. The molecule has 2 heterocycles. The highest BCUT2D eigenvalue weighted by Gasteiger charge is 2.54. The number of rotatable bonds is 8. The zero-order chi connectivity index (χ0) is 32.6. The van der Waals surface area contributed by atoms with Gasteiger partial charge < -0.3 is 14.2 Å². The van der Waals surface area contributed by atoms with Gasteiger partial charge in [0.25, 0.3) is 0 Å². The number of benzene rings is 1. The highest BCUT2D eigenvalue weighted by atomic mass is 28.3. The lowest BCUT2D eigenvalue weighted by molar-refractivity contribution is -0.265. The molecule has 7 nitrogen and oxygen atoms in total. The lowest BCUT2D eigenvalue weighted by Crippen LogP contribution is -2.60. The molecular formula is C36H55NO6Si. The van der Waals surface area contributed by atoms with Crippen LogP contribution in [0.5, 0.6) is 0 Å². The number of hydrogen-bond acceptors (Lipinski definition) is 6. The molecule has 4 atom stereocenters. The van der Waals surface area contributed by atoms with Gasteiger partial charge in [-0.2, -0.15) is 0 Å². The summed E-state index contributed by atoms with van der Waals surface area (Å²) in [5, 5.41) is 0.772. The van der Waals surface area contributed by atoms with Gasteiger partial charge in [-0.1, -0.05) is 92.1 Å². The van der Waals surface area contributed by atoms with E-state index in [0.29, 0.717) is 0 Å². The molecule has 0 aromatic heterocycles. The molecule has 1 aromatic rings. The Labute approximate surface area is 266 Å². The summed E-state index contributed by atoms with van der Waals surface area (Å²) < 4.78 is 18.2. The fourth-order valence-electron chi connectivity index (χ4n) is 8.79. The van der Waals surface area contributed by atoms with E-state index in [0.717, 1.165) is 30.9 Å². The maximum Gasteiger partial charge on any atom is 0.414 e. The van der Waals surface area contributed by atoms with Gasteiger partial charge in [-0.15, -0.1) is 0 Å². The van der Waals surface area contributed by atoms with Crippen molar-refractivity contribution in [3.8, 4) is 0 Å². The number of carbonyl (C=O) groups is 3. The van der Waals surface area contributed by atoms with Gasteiger partial charge in [0.1, 0.15) is 26.9 Å². The van der Waals surface area contributed by atoms with Gasteiger partial charge in [0.2, 0.25) is 0 Å². The molecule has 1 saturated carbocycles. The van der Waals surface area contributed by atoms with Crippen LogP contribution >= 0.6 is 0 Å². The van der Waals surface area contributed by atoms with Crippen molar-refractivity contribution < 1.29 is 28.6 Å². The molecule has 1 aromatic carbocycles. The predicted molar refractivity (Wildman–Crippen MR) is 176 cm³/mol. The SMILES string of the molecule is CC(C)[Si](C1=CN(C(=O)O[C@@H]2CCCC[C@H]2C(C)(C)c2ccccc2)[C@H]([C@@H]2OC(C)(C)OCC2=O)CC1=O)(C(C)C)C(C)C. The summed E-state index contributed by atoms with van der Waals surface area (Å²) in [7, 11) is -2.43. The van der Waals surface area contributed by atoms with Crippen LogP contribution in [-0.2, 0) is 29.2 Å². The molecule has 1 aliphatic carbocycles. The second kappa shape index (κ2) is 13.2. The zero-order valence-electron chi connectivity index (χ0n) is 28.6. The Morgan fingerprint density at radius 2 is 1.57 bits per heavy atom. The lowest BCUT2D eigenvalue weighted by Gasteiger charge is -2.49. The van der Waals surface area contributed by atoms with E-state index in [4.69, 9.17) is 14.2 Å². The highest BCUT2D eigenvalue weighted by molar-refractivity contribution is 6.93. The van der Waals surface area contributed by atoms with E-state index < -0.39 is 32.1 Å². The number of ketones is 2. The van der Waals surface area contributed by atoms with Crippen molar-refractivity contribution in [3.63, 3.8) is 0 Å². The van der Waals surface area contributed by atoms with Crippen molar-refractivity contribution in [3.05, 3.63) is 47.3 Å². The van der Waals surface area contributed by atoms with Gasteiger partial charge in [-0.05, 0) is 65.9 Å². The monoisotopic (exact) mass is 625 g/mol. The van der Waals surface area contributed by atoms with Crippen molar-refractivity contribution in [2.75, 3.05) is 6.61 Å². The summed E-state index contributed by atoms with van der Waals surface area (Å²) in [6.07, 6.45) is 3.86. The summed E-state index contributed by atoms with van der Waals surface area (Å²) >= 11 is 0. The molecule has 0 radical (unpaired) electrons. The van der Waals surface area contributed by atoms with Crippen LogP contribution in [0.4, 0.5) is 4.79 Å². The van der Waals surface area contributed by atoms with Crippen LogP contribution < -0.4 is 0 Å². The number of Topliss-reactive ketones (excluding diaryl/α,β-unsaturated/α-hetero) is 2. The average Bonchev–Trinajstić information content (AvgIpc) is 2.95. The third-order valence-corrected chi connectivity index (χ3v) is 18.0. The lowest BCUT2D eigenvalue weighted by atomic mass is 9.66. The third-order valence-electron chi connectivity index (χ3n) is 10.9. The topological polar surface area (TPSA) is 82.1 Å². The summed E-state index contributed by atoms with van der Waals surface area (Å²) in [5.41, 5.74) is 1.86. The second-order valence-corrected chi connectivity index (χ2v) is 21.0. The fraction of sp³-hybridized carbons (Fsp3) is 0.694. The van der Waals surface area contributed by atoms with E-state index in [1.165, 1.54) is 5.56 Å². The first-order valence-corrected chi connectivity index (χ1v) is 18.9. The minimum atomic E-state index is -2.43. The number of hydrogen-bond donors (Lipinski definition) is 0. The minimum Gasteiger partial charge on any atom is -0.446 e. The third kappa shape index (κ3) is 6.49. The van der Waals surface area contributed by atoms with Gasteiger partial charge in [0, 0.05) is 18.5 Å². The number of allylic oxidation sites excluding steroid dienone is 1. The summed E-state index contributed by atoms with van der Waals surface area (Å²) in [4.78, 5) is 43.4. The molecule has 0 bridgehead atoms. The second-order valence-electron chi connectivity index (χ2n) is 15.1. The van der Waals surface area contributed by atoms with Crippen LogP contribution in [0.2, 0.25) is 16.6 Å². The first-order valence-electron chi connectivity index (χ1n) is 16.7. The van der Waals surface area contributed by atoms with Crippen molar-refractivity contribution in [2.45, 2.75) is 147 Å². The molecule has 2 fully saturated rings. The van der Waals surface area contributed by atoms with Crippen LogP contribution in [0.15, 0.2) is 41.7 Å². The Hall–Kier alpha value is -2.29. The molecule has 0 N–H and O–H groups in total. The normalized spacial score (nSPS) is 26.8. The van der Waals surface area contributed by atoms with E-state index in [1.54, 1.807) is 24.9 Å². The molecule has 244 valence electrons. The van der Waals surface area contributed by atoms with Crippen LogP contribution in [0.3, 0.4) is 0 Å². The Balaban J connectivity index is 1.77. The molecule has 44 heavy (non-hydrogen) atoms. The van der Waals surface area contributed by atoms with Crippen LogP contribution in [0.25, 0.3) is 0 Å². The highest BCUT2D eigenvalue weighted by Crippen LogP contribution is 2.49. The Morgan fingerprint density at radius 1 is 0.977 bits per heavy atom. The summed E-state index contributed by atoms with van der Waals surface area (Å²) in [5.74, 6) is -1.13. The van der Waals surface area contributed by atoms with E-state index in [2.05, 4.69) is 79.7 Å². The van der Waals surface area contributed by atoms with Gasteiger partial charge >= 0.3 is 6.09 Å². The molecule has 0 unspecified atom stereocenters. The van der Waals surface area contributed by atoms with Gasteiger partial charge in [0.15, 0.2) is 17.4 Å². The molecule has 3 aliphatic rings. The molecule has 0 spiro atoms. The molecule has 1 amide bonds. The average molecular weight is 626 g/mol. The standard InChI is InChI=1S/C36H55NO6Si/c1-23(2)44(24(3)4,25(5)6)32-21-37(28(20-29(32)38)33-30(39)22-41-36(9,10)43-33)34(40)42-31-19-15-14-18-27(31)35(7,8)26-16-12-11-13-17-26/h11-13,16-17,21,23-25,27-28,31,33H,14-15,18-20,22H2,1-10H3/t27-,28+,31-,33+/m1/s1. The Morgan fingerprint density at radius 3 is 2.16 bits per heavy atom. The number of carbonyl (C=O) groups excluding carboxylic acids is 3. The zero-order valence-corrected chi connectivity index (χ0v) is 29.6. The largest absolute Gasteiger partial charge is 0.446 e. The van der Waals surface area contributed by atoms with E-state index in [9.17, 15) is 14.4 Å². The Kier molecular flexibility index (Phi) is 10.4. The van der Waals surface area contributed by atoms with Crippen molar-refractivity contribution in [1.82, 2.24) is 4.90 Å². The van der Waals surface area contributed by atoms with Crippen molar-refractivity contribution >= 4 is 25.7 Å². The fourth-order valence-corrected chi connectivity index (χ4v) is 15.6. The maximum atomic E-state index is 14.5. The van der Waals surface area contributed by atoms with Gasteiger partial charge in [-0.3, -0.25) is 14.5 Å². The smallest absolute Gasteiger partial charge is 0.414 e. The van der Waals surface area contributed by atoms with E-state index >= 15 is 0 Å². The predicted octanol–water partition coefficient (Wildman–Crippen LogP) is 8.13. The first kappa shape index (κ1) is 34.6. The van der Waals surface area contributed by atoms with Crippen LogP contribution in [-0.4, -0.2) is 61.3 Å². The van der Waals surface area contributed by atoms with Crippen molar-refractivity contribution in [1.29, 1.82) is 0 Å². The van der Waals surface area contributed by atoms with Gasteiger partial charge in [0.05, 0.1) is 6.04 Å². The van der Waals surface area contributed by atoms with Crippen LogP contribution in [0.1, 0.15) is 107 Å². The number of nitrogens with zero attached hydrogens (tertiary/aromatic N) is 1. The molecular weight excluding hydrogens is 570 g/mol. The quantitative estimate of drug-likeness (QED) is 0.271. The molecule has 8 heteroatoms. The summed E-state index contributed by atoms with van der Waals surface area (Å²) in [6, 6.07) is 9.65.